The van der Waals surface area contributed by atoms with E-state index in [1.54, 1.807) is 19.1 Å². The molecule has 0 aromatic heterocycles. The Morgan fingerprint density at radius 1 is 1.45 bits per heavy atom. The Bertz CT molecular complexity index is 517. The minimum absolute atomic E-state index is 0.0805. The van der Waals surface area contributed by atoms with Crippen LogP contribution in [0.25, 0.3) is 0 Å². The maximum Gasteiger partial charge on any atom is 0.259 e. The molecule has 106 valence electrons. The van der Waals surface area contributed by atoms with Gasteiger partial charge in [0.1, 0.15) is 11.3 Å². The van der Waals surface area contributed by atoms with Crippen LogP contribution in [0.1, 0.15) is 19.8 Å². The molecular weight excluding hydrogens is 254 g/mol. The fourth-order valence-electron chi connectivity index (χ4n) is 2.07. The van der Waals surface area contributed by atoms with E-state index in [2.05, 4.69) is 16.7 Å². The van der Waals surface area contributed by atoms with Crippen LogP contribution in [0.5, 0.6) is 5.75 Å². The van der Waals surface area contributed by atoms with Crippen LogP contribution in [0.15, 0.2) is 24.3 Å². The standard InChI is InChI=1S/C15H19N3O2/c1-15(10-16,11-3-4-11)18-14(19)9-20-13-7-5-12(17-2)6-8-13/h5-8,11,17H,3-4,9H2,1-2H3,(H,18,19). The van der Waals surface area contributed by atoms with E-state index in [-0.39, 0.29) is 18.4 Å². The predicted octanol–water partition coefficient (Wildman–Crippen LogP) is 1.92. The summed E-state index contributed by atoms with van der Waals surface area (Å²) in [6, 6.07) is 9.52. The quantitative estimate of drug-likeness (QED) is 0.830. The summed E-state index contributed by atoms with van der Waals surface area (Å²) in [5.74, 6) is 0.634. The number of nitrogens with one attached hydrogen (secondary N) is 2. The molecule has 1 fully saturated rings. The fourth-order valence-corrected chi connectivity index (χ4v) is 2.07. The monoisotopic (exact) mass is 273 g/mol. The molecule has 0 bridgehead atoms. The largest absolute Gasteiger partial charge is 0.484 e. The average molecular weight is 273 g/mol. The molecule has 1 saturated carbocycles. The second-order valence-electron chi connectivity index (χ2n) is 5.20. The summed E-state index contributed by atoms with van der Waals surface area (Å²) in [6.45, 7) is 1.69. The van der Waals surface area contributed by atoms with Crippen molar-refractivity contribution >= 4 is 11.6 Å². The summed E-state index contributed by atoms with van der Waals surface area (Å²) < 4.78 is 5.41. The average Bonchev–Trinajstić information content (AvgIpc) is 3.30. The lowest BCUT2D eigenvalue weighted by Crippen LogP contribution is -2.48. The van der Waals surface area contributed by atoms with Crippen molar-refractivity contribution in [2.45, 2.75) is 25.3 Å². The van der Waals surface area contributed by atoms with E-state index in [4.69, 9.17) is 4.74 Å². The number of nitrogens with zero attached hydrogens (tertiary/aromatic N) is 1. The first kappa shape index (κ1) is 14.2. The molecule has 0 spiro atoms. The van der Waals surface area contributed by atoms with Gasteiger partial charge in [0, 0.05) is 12.7 Å². The van der Waals surface area contributed by atoms with Crippen molar-refractivity contribution in [1.82, 2.24) is 5.32 Å². The van der Waals surface area contributed by atoms with E-state index in [0.29, 0.717) is 5.75 Å². The Kier molecular flexibility index (Phi) is 4.14. The molecule has 1 atom stereocenters. The van der Waals surface area contributed by atoms with Crippen LogP contribution in [0.2, 0.25) is 0 Å². The number of nitriles is 1. The molecule has 5 nitrogen and oxygen atoms in total. The lowest BCUT2D eigenvalue weighted by Gasteiger charge is -2.22. The Labute approximate surface area is 118 Å². The van der Waals surface area contributed by atoms with Gasteiger partial charge in [-0.15, -0.1) is 0 Å². The highest BCUT2D eigenvalue weighted by Crippen LogP contribution is 2.39. The zero-order valence-corrected chi connectivity index (χ0v) is 11.8. The first-order valence-corrected chi connectivity index (χ1v) is 6.70. The Morgan fingerprint density at radius 3 is 2.60 bits per heavy atom. The highest BCUT2D eigenvalue weighted by atomic mass is 16.5. The van der Waals surface area contributed by atoms with Crippen LogP contribution in [0.3, 0.4) is 0 Å². The maximum absolute atomic E-state index is 11.8. The van der Waals surface area contributed by atoms with E-state index in [1.807, 2.05) is 19.2 Å². The third-order valence-electron chi connectivity index (χ3n) is 3.54. The van der Waals surface area contributed by atoms with Crippen molar-refractivity contribution in [3.63, 3.8) is 0 Å². The molecule has 5 heteroatoms. The second-order valence-corrected chi connectivity index (χ2v) is 5.20. The summed E-state index contributed by atoms with van der Waals surface area (Å²) in [6.07, 6.45) is 1.99. The molecular formula is C15H19N3O2. The first-order valence-electron chi connectivity index (χ1n) is 6.70. The molecule has 1 aromatic rings. The number of benzene rings is 1. The van der Waals surface area contributed by atoms with Crippen LogP contribution >= 0.6 is 0 Å². The third-order valence-corrected chi connectivity index (χ3v) is 3.54. The zero-order chi connectivity index (χ0) is 14.6. The molecule has 0 heterocycles. The highest BCUT2D eigenvalue weighted by Gasteiger charge is 2.43. The van der Waals surface area contributed by atoms with Gasteiger partial charge >= 0.3 is 0 Å². The maximum atomic E-state index is 11.8. The Balaban J connectivity index is 1.84. The van der Waals surface area contributed by atoms with Gasteiger partial charge in [-0.25, -0.2) is 0 Å². The smallest absolute Gasteiger partial charge is 0.259 e. The summed E-state index contributed by atoms with van der Waals surface area (Å²) >= 11 is 0. The van der Waals surface area contributed by atoms with Gasteiger partial charge in [-0.1, -0.05) is 0 Å². The summed E-state index contributed by atoms with van der Waals surface area (Å²) in [4.78, 5) is 11.8. The van der Waals surface area contributed by atoms with E-state index in [1.165, 1.54) is 0 Å². The fraction of sp³-hybridized carbons (Fsp3) is 0.467. The first-order chi connectivity index (χ1) is 9.57. The van der Waals surface area contributed by atoms with Crippen molar-refractivity contribution < 1.29 is 9.53 Å². The van der Waals surface area contributed by atoms with Crippen LogP contribution in [-0.4, -0.2) is 25.1 Å². The minimum atomic E-state index is -0.767. The van der Waals surface area contributed by atoms with Crippen molar-refractivity contribution in [2.75, 3.05) is 19.0 Å². The molecule has 2 rings (SSSR count). The van der Waals surface area contributed by atoms with Crippen LogP contribution in [-0.2, 0) is 4.79 Å². The Hall–Kier alpha value is -2.22. The predicted molar refractivity (Wildman–Crippen MR) is 76.4 cm³/mol. The van der Waals surface area contributed by atoms with Gasteiger partial charge in [0.15, 0.2) is 6.61 Å². The number of rotatable bonds is 6. The van der Waals surface area contributed by atoms with E-state index < -0.39 is 5.54 Å². The lowest BCUT2D eigenvalue weighted by atomic mass is 9.98. The number of hydrogen-bond donors (Lipinski definition) is 2. The SMILES string of the molecule is CNc1ccc(OCC(=O)NC(C)(C#N)C2CC2)cc1. The van der Waals surface area contributed by atoms with Crippen LogP contribution < -0.4 is 15.4 Å². The van der Waals surface area contributed by atoms with Gasteiger partial charge in [0.25, 0.3) is 5.91 Å². The van der Waals surface area contributed by atoms with E-state index in [9.17, 15) is 10.1 Å². The van der Waals surface area contributed by atoms with Crippen molar-refractivity contribution in [1.29, 1.82) is 5.26 Å². The second kappa shape index (κ2) is 5.83. The van der Waals surface area contributed by atoms with Gasteiger partial charge in [-0.2, -0.15) is 5.26 Å². The molecule has 0 aliphatic heterocycles. The molecule has 1 amide bonds. The number of hydrogen-bond acceptors (Lipinski definition) is 4. The molecule has 1 aliphatic carbocycles. The van der Waals surface area contributed by atoms with Crippen molar-refractivity contribution in [2.24, 2.45) is 5.92 Å². The summed E-state index contributed by atoms with van der Waals surface area (Å²) in [7, 11) is 1.84. The van der Waals surface area contributed by atoms with Crippen LogP contribution in [0.4, 0.5) is 5.69 Å². The number of anilines is 1. The minimum Gasteiger partial charge on any atom is -0.484 e. The topological polar surface area (TPSA) is 74.2 Å². The summed E-state index contributed by atoms with van der Waals surface area (Å²) in [5.41, 5.74) is 0.212. The van der Waals surface area contributed by atoms with Gasteiger partial charge in [0.05, 0.1) is 6.07 Å². The molecule has 1 aliphatic rings. The van der Waals surface area contributed by atoms with Gasteiger partial charge < -0.3 is 15.4 Å². The van der Waals surface area contributed by atoms with Crippen molar-refractivity contribution in [3.05, 3.63) is 24.3 Å². The number of ether oxygens (including phenoxy) is 1. The number of carbonyl (C=O) groups excluding carboxylic acids is 1. The van der Waals surface area contributed by atoms with Gasteiger partial charge in [0.2, 0.25) is 0 Å². The third kappa shape index (κ3) is 3.41. The van der Waals surface area contributed by atoms with Gasteiger partial charge in [-0.3, -0.25) is 4.79 Å². The number of carbonyl (C=O) groups is 1. The molecule has 0 radical (unpaired) electrons. The molecule has 0 saturated heterocycles. The lowest BCUT2D eigenvalue weighted by molar-refractivity contribution is -0.124. The van der Waals surface area contributed by atoms with Gasteiger partial charge in [-0.05, 0) is 49.9 Å². The number of amides is 1. The van der Waals surface area contributed by atoms with E-state index >= 15 is 0 Å². The summed E-state index contributed by atoms with van der Waals surface area (Å²) in [5, 5.41) is 14.9. The zero-order valence-electron chi connectivity index (χ0n) is 11.8. The van der Waals surface area contributed by atoms with Crippen LogP contribution in [0, 0.1) is 17.2 Å². The molecule has 1 aromatic carbocycles. The van der Waals surface area contributed by atoms with E-state index in [0.717, 1.165) is 18.5 Å². The highest BCUT2D eigenvalue weighted by molar-refractivity contribution is 5.79. The normalized spacial score (nSPS) is 16.6. The molecule has 20 heavy (non-hydrogen) atoms. The molecule has 2 N–H and O–H groups in total. The Morgan fingerprint density at radius 2 is 2.10 bits per heavy atom. The molecule has 1 unspecified atom stereocenters. The van der Waals surface area contributed by atoms with Crippen molar-refractivity contribution in [3.8, 4) is 11.8 Å².